The Labute approximate surface area is 110 Å². The van der Waals surface area contributed by atoms with E-state index in [4.69, 9.17) is 5.11 Å². The quantitative estimate of drug-likeness (QED) is 0.708. The zero-order valence-electron chi connectivity index (χ0n) is 11.4. The second kappa shape index (κ2) is 6.53. The van der Waals surface area contributed by atoms with Crippen LogP contribution < -0.4 is 5.32 Å². The first-order chi connectivity index (χ1) is 8.68. The normalized spacial score (nSPS) is 33.1. The lowest BCUT2D eigenvalue weighted by molar-refractivity contribution is -0.146. The van der Waals surface area contributed by atoms with Crippen LogP contribution in [0.1, 0.15) is 45.4 Å². The molecule has 0 amide bonds. The minimum absolute atomic E-state index is 0.140. The maximum Gasteiger partial charge on any atom is 0.308 e. The van der Waals surface area contributed by atoms with Gasteiger partial charge in [-0.2, -0.15) is 0 Å². The molecule has 18 heavy (non-hydrogen) atoms. The minimum atomic E-state index is -0.636. The molecule has 1 saturated carbocycles. The largest absolute Gasteiger partial charge is 0.481 e. The molecule has 0 bridgehead atoms. The SMILES string of the molecule is CC1CCCCN1CCCNC1CCC1C(=O)O. The number of hydrogen-bond acceptors (Lipinski definition) is 3. The molecule has 4 heteroatoms. The van der Waals surface area contributed by atoms with Crippen LogP contribution in [0.4, 0.5) is 0 Å². The van der Waals surface area contributed by atoms with E-state index in [0.717, 1.165) is 38.4 Å². The number of piperidine rings is 1. The number of carbonyl (C=O) groups is 1. The summed E-state index contributed by atoms with van der Waals surface area (Å²) < 4.78 is 0. The summed E-state index contributed by atoms with van der Waals surface area (Å²) in [7, 11) is 0. The summed E-state index contributed by atoms with van der Waals surface area (Å²) in [4.78, 5) is 13.4. The summed E-state index contributed by atoms with van der Waals surface area (Å²) >= 11 is 0. The van der Waals surface area contributed by atoms with Gasteiger partial charge in [0.25, 0.3) is 0 Å². The fraction of sp³-hybridized carbons (Fsp3) is 0.929. The van der Waals surface area contributed by atoms with Gasteiger partial charge in [-0.25, -0.2) is 0 Å². The molecule has 3 unspecified atom stereocenters. The highest BCUT2D eigenvalue weighted by molar-refractivity contribution is 5.72. The van der Waals surface area contributed by atoms with Crippen LogP contribution in [0.25, 0.3) is 0 Å². The summed E-state index contributed by atoms with van der Waals surface area (Å²) in [5.74, 6) is -0.776. The first-order valence-electron chi connectivity index (χ1n) is 7.38. The van der Waals surface area contributed by atoms with Crippen molar-refractivity contribution in [3.8, 4) is 0 Å². The number of hydrogen-bond donors (Lipinski definition) is 2. The van der Waals surface area contributed by atoms with E-state index < -0.39 is 5.97 Å². The first kappa shape index (κ1) is 13.8. The lowest BCUT2D eigenvalue weighted by Gasteiger charge is -2.35. The van der Waals surface area contributed by atoms with Gasteiger partial charge < -0.3 is 15.3 Å². The van der Waals surface area contributed by atoms with E-state index in [-0.39, 0.29) is 12.0 Å². The molecule has 0 aromatic carbocycles. The van der Waals surface area contributed by atoms with E-state index >= 15 is 0 Å². The van der Waals surface area contributed by atoms with E-state index in [1.54, 1.807) is 0 Å². The number of aliphatic carboxylic acids is 1. The van der Waals surface area contributed by atoms with E-state index in [0.29, 0.717) is 0 Å². The lowest BCUT2D eigenvalue weighted by Crippen LogP contribution is -2.48. The van der Waals surface area contributed by atoms with Gasteiger partial charge in [0.05, 0.1) is 5.92 Å². The Morgan fingerprint density at radius 1 is 1.33 bits per heavy atom. The van der Waals surface area contributed by atoms with Gasteiger partial charge in [-0.15, -0.1) is 0 Å². The Balaban J connectivity index is 1.57. The van der Waals surface area contributed by atoms with Crippen molar-refractivity contribution < 1.29 is 9.90 Å². The van der Waals surface area contributed by atoms with Gasteiger partial charge in [-0.1, -0.05) is 6.42 Å². The predicted molar refractivity (Wildman–Crippen MR) is 71.7 cm³/mol. The summed E-state index contributed by atoms with van der Waals surface area (Å²) in [6, 6.07) is 0.954. The van der Waals surface area contributed by atoms with Crippen molar-refractivity contribution in [3.05, 3.63) is 0 Å². The molecule has 2 N–H and O–H groups in total. The van der Waals surface area contributed by atoms with E-state index in [1.807, 2.05) is 0 Å². The highest BCUT2D eigenvalue weighted by atomic mass is 16.4. The third-order valence-corrected chi connectivity index (χ3v) is 4.56. The van der Waals surface area contributed by atoms with Gasteiger partial charge in [0, 0.05) is 12.1 Å². The van der Waals surface area contributed by atoms with Crippen LogP contribution in [0, 0.1) is 5.92 Å². The Morgan fingerprint density at radius 3 is 2.78 bits per heavy atom. The smallest absolute Gasteiger partial charge is 0.308 e. The lowest BCUT2D eigenvalue weighted by atomic mass is 9.79. The van der Waals surface area contributed by atoms with Crippen LogP contribution >= 0.6 is 0 Å². The zero-order valence-corrected chi connectivity index (χ0v) is 11.4. The van der Waals surface area contributed by atoms with Gasteiger partial charge in [-0.05, 0) is 58.7 Å². The van der Waals surface area contributed by atoms with Crippen molar-refractivity contribution in [2.24, 2.45) is 5.92 Å². The number of carboxylic acid groups (broad SMARTS) is 1. The van der Waals surface area contributed by atoms with Crippen LogP contribution in [0.5, 0.6) is 0 Å². The summed E-state index contributed by atoms with van der Waals surface area (Å²) in [5, 5.41) is 12.3. The summed E-state index contributed by atoms with van der Waals surface area (Å²) in [5.41, 5.74) is 0. The number of nitrogens with one attached hydrogen (secondary N) is 1. The van der Waals surface area contributed by atoms with Gasteiger partial charge in [0.2, 0.25) is 0 Å². The Kier molecular flexibility index (Phi) is 5.01. The molecule has 1 heterocycles. The molecular weight excluding hydrogens is 228 g/mol. The molecule has 0 radical (unpaired) electrons. The van der Waals surface area contributed by atoms with Gasteiger partial charge in [-0.3, -0.25) is 4.79 Å². The van der Waals surface area contributed by atoms with Gasteiger partial charge in [0.1, 0.15) is 0 Å². The van der Waals surface area contributed by atoms with E-state index in [1.165, 1.54) is 25.8 Å². The zero-order chi connectivity index (χ0) is 13.0. The van der Waals surface area contributed by atoms with Crippen LogP contribution in [0.2, 0.25) is 0 Å². The third-order valence-electron chi connectivity index (χ3n) is 4.56. The van der Waals surface area contributed by atoms with E-state index in [9.17, 15) is 4.79 Å². The highest BCUT2D eigenvalue weighted by Gasteiger charge is 2.35. The molecular formula is C14H26N2O2. The number of likely N-dealkylation sites (tertiary alicyclic amines) is 1. The average molecular weight is 254 g/mol. The topological polar surface area (TPSA) is 52.6 Å². The summed E-state index contributed by atoms with van der Waals surface area (Å²) in [6.45, 7) is 5.66. The highest BCUT2D eigenvalue weighted by Crippen LogP contribution is 2.27. The molecule has 4 nitrogen and oxygen atoms in total. The molecule has 0 aromatic rings. The van der Waals surface area contributed by atoms with Crippen molar-refractivity contribution in [2.75, 3.05) is 19.6 Å². The number of nitrogens with zero attached hydrogens (tertiary/aromatic N) is 1. The fourth-order valence-electron chi connectivity index (χ4n) is 3.10. The molecule has 0 aromatic heterocycles. The summed E-state index contributed by atoms with van der Waals surface area (Å²) in [6.07, 6.45) is 7.04. The fourth-order valence-corrected chi connectivity index (χ4v) is 3.10. The molecule has 0 spiro atoms. The number of rotatable bonds is 6. The van der Waals surface area contributed by atoms with Crippen LogP contribution in [-0.4, -0.2) is 47.7 Å². The maximum atomic E-state index is 10.9. The monoisotopic (exact) mass is 254 g/mol. The third kappa shape index (κ3) is 3.45. The second-order valence-corrected chi connectivity index (χ2v) is 5.82. The van der Waals surface area contributed by atoms with Crippen molar-refractivity contribution in [3.63, 3.8) is 0 Å². The minimum Gasteiger partial charge on any atom is -0.481 e. The van der Waals surface area contributed by atoms with Crippen LogP contribution in [-0.2, 0) is 4.79 Å². The van der Waals surface area contributed by atoms with Gasteiger partial charge in [0.15, 0.2) is 0 Å². The standard InChI is InChI=1S/C14H26N2O2/c1-11-5-2-3-9-16(11)10-4-8-15-13-7-6-12(13)14(17)18/h11-13,15H,2-10H2,1H3,(H,17,18). The number of carboxylic acids is 1. The van der Waals surface area contributed by atoms with Crippen LogP contribution in [0.3, 0.4) is 0 Å². The van der Waals surface area contributed by atoms with Crippen molar-refractivity contribution in [1.82, 2.24) is 10.2 Å². The molecule has 1 saturated heterocycles. The molecule has 104 valence electrons. The molecule has 1 aliphatic carbocycles. The molecule has 2 rings (SSSR count). The molecule has 1 aliphatic heterocycles. The Morgan fingerprint density at radius 2 is 2.17 bits per heavy atom. The van der Waals surface area contributed by atoms with Crippen molar-refractivity contribution >= 4 is 5.97 Å². The first-order valence-corrected chi connectivity index (χ1v) is 7.38. The van der Waals surface area contributed by atoms with Crippen molar-refractivity contribution in [1.29, 1.82) is 0 Å². The average Bonchev–Trinajstić information content (AvgIpc) is 2.28. The molecule has 2 aliphatic rings. The molecule has 2 fully saturated rings. The van der Waals surface area contributed by atoms with Crippen LogP contribution in [0.15, 0.2) is 0 Å². The maximum absolute atomic E-state index is 10.9. The van der Waals surface area contributed by atoms with Gasteiger partial charge >= 0.3 is 5.97 Å². The molecule has 3 atom stereocenters. The van der Waals surface area contributed by atoms with E-state index in [2.05, 4.69) is 17.1 Å². The Bertz CT molecular complexity index is 283. The van der Waals surface area contributed by atoms with Crippen molar-refractivity contribution in [2.45, 2.75) is 57.5 Å². The predicted octanol–water partition coefficient (Wildman–Crippen LogP) is 1.70. The Hall–Kier alpha value is -0.610. The second-order valence-electron chi connectivity index (χ2n) is 5.82.